The van der Waals surface area contributed by atoms with Crippen molar-refractivity contribution in [2.45, 2.75) is 24.4 Å². The SMILES string of the molecule is C=CC(=O)Nc1cc2c(o1)CN(S(=O)(=O)c1ccc(C(=O)NCCc3ccccc3)c(F)c1)C2. The summed E-state index contributed by atoms with van der Waals surface area (Å²) in [5.41, 5.74) is 1.39. The Labute approximate surface area is 196 Å². The summed E-state index contributed by atoms with van der Waals surface area (Å²) in [4.78, 5) is 23.5. The molecule has 1 aliphatic rings. The van der Waals surface area contributed by atoms with Crippen LogP contribution in [0.3, 0.4) is 0 Å². The van der Waals surface area contributed by atoms with Crippen molar-refractivity contribution in [1.82, 2.24) is 9.62 Å². The number of halogens is 1. The first kappa shape index (κ1) is 23.4. The summed E-state index contributed by atoms with van der Waals surface area (Å²) < 4.78 is 47.3. The van der Waals surface area contributed by atoms with Crippen molar-refractivity contribution in [3.63, 3.8) is 0 Å². The van der Waals surface area contributed by atoms with Gasteiger partial charge in [0, 0.05) is 24.7 Å². The zero-order valence-corrected chi connectivity index (χ0v) is 18.9. The highest BCUT2D eigenvalue weighted by molar-refractivity contribution is 7.89. The molecule has 2 heterocycles. The molecule has 3 aromatic rings. The standard InChI is InChI=1S/C24H22FN3O5S/c1-2-22(29)27-23-12-17-14-28(15-21(17)33-23)34(31,32)18-8-9-19(20(25)13-18)24(30)26-11-10-16-6-4-3-5-7-16/h2-9,12-13H,1,10-11,14-15H2,(H,26,30)(H,27,29). The smallest absolute Gasteiger partial charge is 0.254 e. The maximum Gasteiger partial charge on any atom is 0.254 e. The molecule has 0 aliphatic carbocycles. The molecular weight excluding hydrogens is 461 g/mol. The zero-order valence-electron chi connectivity index (χ0n) is 18.1. The van der Waals surface area contributed by atoms with Gasteiger partial charge in [0.15, 0.2) is 5.88 Å². The zero-order chi connectivity index (χ0) is 24.3. The van der Waals surface area contributed by atoms with Gasteiger partial charge in [-0.3, -0.25) is 14.9 Å². The van der Waals surface area contributed by atoms with Crippen LogP contribution in [0.25, 0.3) is 0 Å². The van der Waals surface area contributed by atoms with Crippen LogP contribution in [0.1, 0.15) is 27.2 Å². The van der Waals surface area contributed by atoms with Crippen molar-refractivity contribution >= 4 is 27.7 Å². The van der Waals surface area contributed by atoms with E-state index in [0.29, 0.717) is 24.3 Å². The molecule has 176 valence electrons. The van der Waals surface area contributed by atoms with E-state index in [9.17, 15) is 22.4 Å². The molecule has 2 aromatic carbocycles. The summed E-state index contributed by atoms with van der Waals surface area (Å²) in [6.45, 7) is 3.61. The number of hydrogen-bond acceptors (Lipinski definition) is 5. The molecule has 1 aliphatic heterocycles. The molecule has 34 heavy (non-hydrogen) atoms. The van der Waals surface area contributed by atoms with Crippen LogP contribution in [-0.4, -0.2) is 31.1 Å². The van der Waals surface area contributed by atoms with Crippen molar-refractivity contribution in [2.75, 3.05) is 11.9 Å². The van der Waals surface area contributed by atoms with E-state index in [1.807, 2.05) is 30.3 Å². The molecule has 0 radical (unpaired) electrons. The van der Waals surface area contributed by atoms with Gasteiger partial charge in [0.25, 0.3) is 5.91 Å². The summed E-state index contributed by atoms with van der Waals surface area (Å²) in [5, 5.41) is 5.12. The van der Waals surface area contributed by atoms with Crippen LogP contribution >= 0.6 is 0 Å². The van der Waals surface area contributed by atoms with E-state index in [1.54, 1.807) is 0 Å². The Morgan fingerprint density at radius 2 is 1.88 bits per heavy atom. The highest BCUT2D eigenvalue weighted by Crippen LogP contribution is 2.33. The maximum absolute atomic E-state index is 14.7. The van der Waals surface area contributed by atoms with Crippen LogP contribution < -0.4 is 10.6 Å². The average molecular weight is 484 g/mol. The van der Waals surface area contributed by atoms with Crippen LogP contribution in [0.4, 0.5) is 10.3 Å². The van der Waals surface area contributed by atoms with Crippen molar-refractivity contribution in [3.8, 4) is 0 Å². The summed E-state index contributed by atoms with van der Waals surface area (Å²) in [6, 6.07) is 14.3. The second-order valence-electron chi connectivity index (χ2n) is 7.66. The summed E-state index contributed by atoms with van der Waals surface area (Å²) in [6.07, 6.45) is 1.68. The van der Waals surface area contributed by atoms with Gasteiger partial charge in [-0.1, -0.05) is 36.9 Å². The van der Waals surface area contributed by atoms with E-state index in [1.165, 1.54) is 12.1 Å². The predicted molar refractivity (Wildman–Crippen MR) is 123 cm³/mol. The molecule has 0 saturated carbocycles. The lowest BCUT2D eigenvalue weighted by Crippen LogP contribution is -2.28. The van der Waals surface area contributed by atoms with Crippen LogP contribution in [0.5, 0.6) is 0 Å². The Morgan fingerprint density at radius 3 is 2.56 bits per heavy atom. The fourth-order valence-corrected chi connectivity index (χ4v) is 4.98. The number of rotatable bonds is 8. The maximum atomic E-state index is 14.7. The third kappa shape index (κ3) is 4.92. The molecule has 2 amide bonds. The van der Waals surface area contributed by atoms with E-state index in [4.69, 9.17) is 4.42 Å². The van der Waals surface area contributed by atoms with E-state index in [0.717, 1.165) is 28.1 Å². The topological polar surface area (TPSA) is 109 Å². The number of nitrogens with one attached hydrogen (secondary N) is 2. The summed E-state index contributed by atoms with van der Waals surface area (Å²) >= 11 is 0. The second kappa shape index (κ2) is 9.62. The molecule has 4 rings (SSSR count). The molecule has 0 atom stereocenters. The minimum absolute atomic E-state index is 0.00840. The number of benzene rings is 2. The van der Waals surface area contributed by atoms with Gasteiger partial charge in [-0.05, 0) is 36.3 Å². The molecule has 10 heteroatoms. The van der Waals surface area contributed by atoms with Crippen LogP contribution in [-0.2, 0) is 34.3 Å². The Kier molecular flexibility index (Phi) is 6.62. The van der Waals surface area contributed by atoms with E-state index < -0.39 is 27.7 Å². The van der Waals surface area contributed by atoms with Crippen molar-refractivity contribution < 1.29 is 26.8 Å². The fourth-order valence-electron chi connectivity index (χ4n) is 3.59. The monoisotopic (exact) mass is 483 g/mol. The third-order valence-corrected chi connectivity index (χ3v) is 7.15. The Bertz CT molecular complexity index is 1330. The van der Waals surface area contributed by atoms with Crippen LogP contribution in [0, 0.1) is 5.82 Å². The number of carbonyl (C=O) groups is 2. The quantitative estimate of drug-likeness (QED) is 0.478. The third-order valence-electron chi connectivity index (χ3n) is 5.36. The number of amides is 2. The summed E-state index contributed by atoms with van der Waals surface area (Å²) in [7, 11) is -4.04. The number of sulfonamides is 1. The van der Waals surface area contributed by atoms with Gasteiger partial charge < -0.3 is 9.73 Å². The van der Waals surface area contributed by atoms with Gasteiger partial charge in [-0.15, -0.1) is 0 Å². The number of carbonyl (C=O) groups excluding carboxylic acids is 2. The average Bonchev–Trinajstić information content (AvgIpc) is 3.38. The summed E-state index contributed by atoms with van der Waals surface area (Å²) in [5.74, 6) is -1.41. The number of anilines is 1. The lowest BCUT2D eigenvalue weighted by atomic mass is 10.1. The first-order chi connectivity index (χ1) is 16.3. The second-order valence-corrected chi connectivity index (χ2v) is 9.60. The highest BCUT2D eigenvalue weighted by Gasteiger charge is 2.34. The Morgan fingerprint density at radius 1 is 1.12 bits per heavy atom. The lowest BCUT2D eigenvalue weighted by molar-refractivity contribution is -0.112. The van der Waals surface area contributed by atoms with Crippen LogP contribution in [0.15, 0.2) is 76.6 Å². The van der Waals surface area contributed by atoms with Gasteiger partial charge in [0.1, 0.15) is 11.6 Å². The molecule has 0 fully saturated rings. The predicted octanol–water partition coefficient (Wildman–Crippen LogP) is 3.22. The number of nitrogens with zero attached hydrogens (tertiary/aromatic N) is 1. The Balaban J connectivity index is 1.41. The first-order valence-electron chi connectivity index (χ1n) is 10.4. The minimum Gasteiger partial charge on any atom is -0.444 e. The van der Waals surface area contributed by atoms with Gasteiger partial charge in [0.2, 0.25) is 15.9 Å². The van der Waals surface area contributed by atoms with E-state index in [-0.39, 0.29) is 29.4 Å². The molecular formula is C24H22FN3O5S. The van der Waals surface area contributed by atoms with Gasteiger partial charge >= 0.3 is 0 Å². The van der Waals surface area contributed by atoms with E-state index >= 15 is 0 Å². The minimum atomic E-state index is -4.04. The Hall–Kier alpha value is -3.76. The fraction of sp³-hybridized carbons (Fsp3) is 0.167. The number of fused-ring (bicyclic) bond motifs is 1. The normalized spacial score (nSPS) is 13.3. The number of hydrogen-bond donors (Lipinski definition) is 2. The van der Waals surface area contributed by atoms with Crippen molar-refractivity contribution in [2.24, 2.45) is 0 Å². The van der Waals surface area contributed by atoms with Crippen molar-refractivity contribution in [3.05, 3.63) is 95.5 Å². The highest BCUT2D eigenvalue weighted by atomic mass is 32.2. The molecule has 0 bridgehead atoms. The molecule has 1 aromatic heterocycles. The van der Waals surface area contributed by atoms with Gasteiger partial charge in [-0.2, -0.15) is 4.31 Å². The van der Waals surface area contributed by atoms with Crippen LogP contribution in [0.2, 0.25) is 0 Å². The molecule has 0 spiro atoms. The van der Waals surface area contributed by atoms with Gasteiger partial charge in [0.05, 0.1) is 17.0 Å². The molecule has 8 nitrogen and oxygen atoms in total. The molecule has 0 unspecified atom stereocenters. The number of furan rings is 1. The van der Waals surface area contributed by atoms with E-state index in [2.05, 4.69) is 17.2 Å². The molecule has 2 N–H and O–H groups in total. The van der Waals surface area contributed by atoms with Crippen molar-refractivity contribution in [1.29, 1.82) is 0 Å². The largest absolute Gasteiger partial charge is 0.444 e. The molecule has 0 saturated heterocycles. The van der Waals surface area contributed by atoms with Gasteiger partial charge in [-0.25, -0.2) is 12.8 Å². The first-order valence-corrected chi connectivity index (χ1v) is 11.9. The lowest BCUT2D eigenvalue weighted by Gasteiger charge is -2.16.